The Balaban J connectivity index is 1.52. The lowest BCUT2D eigenvalue weighted by atomic mass is 9.98. The second kappa shape index (κ2) is 7.95. The van der Waals surface area contributed by atoms with Gasteiger partial charge in [0.25, 0.3) is 0 Å². The molecule has 3 aromatic rings. The minimum absolute atomic E-state index is 0.334. The molecule has 1 aromatic heterocycles. The number of hydrogen-bond donors (Lipinski definition) is 1. The highest BCUT2D eigenvalue weighted by molar-refractivity contribution is 5.95. The van der Waals surface area contributed by atoms with Gasteiger partial charge in [-0.05, 0) is 60.7 Å². The van der Waals surface area contributed by atoms with E-state index in [2.05, 4.69) is 41.1 Å². The molecule has 1 N–H and O–H groups in total. The van der Waals surface area contributed by atoms with Crippen molar-refractivity contribution in [3.63, 3.8) is 0 Å². The summed E-state index contributed by atoms with van der Waals surface area (Å²) in [6.45, 7) is 4.01. The summed E-state index contributed by atoms with van der Waals surface area (Å²) < 4.78 is 0. The fourth-order valence-corrected chi connectivity index (χ4v) is 3.97. The van der Waals surface area contributed by atoms with Gasteiger partial charge in [0, 0.05) is 12.7 Å². The number of carboxylic acid groups (broad SMARTS) is 1. The normalized spacial score (nSPS) is 17.0. The highest BCUT2D eigenvalue weighted by Crippen LogP contribution is 2.32. The van der Waals surface area contributed by atoms with Crippen LogP contribution in [0, 0.1) is 6.92 Å². The van der Waals surface area contributed by atoms with Crippen LogP contribution in [0.1, 0.15) is 46.1 Å². The van der Waals surface area contributed by atoms with Crippen molar-refractivity contribution >= 4 is 5.97 Å². The van der Waals surface area contributed by atoms with Crippen molar-refractivity contribution in [2.75, 3.05) is 6.54 Å². The van der Waals surface area contributed by atoms with Crippen molar-refractivity contribution in [1.82, 2.24) is 9.88 Å². The summed E-state index contributed by atoms with van der Waals surface area (Å²) in [6, 6.07) is 20.0. The molecular formula is C24H24N2O2. The van der Waals surface area contributed by atoms with Gasteiger partial charge in [-0.1, -0.05) is 48.5 Å². The number of carbonyl (C=O) groups is 1. The summed E-state index contributed by atoms with van der Waals surface area (Å²) in [4.78, 5) is 18.6. The molecule has 0 amide bonds. The predicted molar refractivity (Wildman–Crippen MR) is 110 cm³/mol. The Labute approximate surface area is 165 Å². The second-order valence-electron chi connectivity index (χ2n) is 7.44. The fourth-order valence-electron chi connectivity index (χ4n) is 3.97. The summed E-state index contributed by atoms with van der Waals surface area (Å²) in [5, 5.41) is 9.41. The zero-order valence-electron chi connectivity index (χ0n) is 16.0. The Kier molecular flexibility index (Phi) is 5.22. The summed E-state index contributed by atoms with van der Waals surface area (Å²) in [7, 11) is 0. The van der Waals surface area contributed by atoms with E-state index in [1.54, 1.807) is 12.1 Å². The molecule has 0 spiro atoms. The highest BCUT2D eigenvalue weighted by atomic mass is 16.4. The van der Waals surface area contributed by atoms with Crippen LogP contribution in [0.2, 0.25) is 0 Å². The molecule has 0 saturated carbocycles. The van der Waals surface area contributed by atoms with Gasteiger partial charge in [-0.25, -0.2) is 4.79 Å². The number of rotatable bonds is 5. The minimum Gasteiger partial charge on any atom is -0.478 e. The molecule has 0 aliphatic carbocycles. The zero-order chi connectivity index (χ0) is 19.5. The molecule has 0 unspecified atom stereocenters. The zero-order valence-corrected chi connectivity index (χ0v) is 16.0. The lowest BCUT2D eigenvalue weighted by Gasteiger charge is -2.24. The number of nitrogens with zero attached hydrogens (tertiary/aromatic N) is 2. The van der Waals surface area contributed by atoms with Gasteiger partial charge in [0.05, 0.1) is 17.3 Å². The first-order valence-corrected chi connectivity index (χ1v) is 9.70. The molecule has 2 aromatic carbocycles. The average Bonchev–Trinajstić information content (AvgIpc) is 3.17. The van der Waals surface area contributed by atoms with Crippen LogP contribution >= 0.6 is 0 Å². The number of benzene rings is 2. The van der Waals surface area contributed by atoms with Crippen LogP contribution in [0.5, 0.6) is 0 Å². The third-order valence-electron chi connectivity index (χ3n) is 5.45. The minimum atomic E-state index is -0.898. The van der Waals surface area contributed by atoms with Gasteiger partial charge in [-0.2, -0.15) is 0 Å². The molecule has 28 heavy (non-hydrogen) atoms. The van der Waals surface area contributed by atoms with E-state index in [4.69, 9.17) is 0 Å². The van der Waals surface area contributed by atoms with E-state index < -0.39 is 5.97 Å². The standard InChI is InChI=1S/C24H24N2O2/c1-17-8-13-22(25-15-17)23-7-4-14-26(23)16-18-9-11-19(12-10-18)20-5-2-3-6-21(20)24(27)28/h2-3,5-6,8-13,15,23H,4,7,14,16H2,1H3,(H,27,28)/t23-/m0/s1. The van der Waals surface area contributed by atoms with Crippen LogP contribution in [-0.2, 0) is 6.54 Å². The largest absolute Gasteiger partial charge is 0.478 e. The molecule has 4 heteroatoms. The summed E-state index contributed by atoms with van der Waals surface area (Å²) in [5.41, 5.74) is 5.58. The van der Waals surface area contributed by atoms with E-state index in [9.17, 15) is 9.90 Å². The van der Waals surface area contributed by atoms with Crippen molar-refractivity contribution in [3.05, 3.63) is 89.2 Å². The first kappa shape index (κ1) is 18.4. The lowest BCUT2D eigenvalue weighted by Crippen LogP contribution is -2.23. The molecular weight excluding hydrogens is 348 g/mol. The summed E-state index contributed by atoms with van der Waals surface area (Å²) >= 11 is 0. The van der Waals surface area contributed by atoms with Crippen LogP contribution in [0.3, 0.4) is 0 Å². The van der Waals surface area contributed by atoms with E-state index in [1.807, 2.05) is 30.5 Å². The van der Waals surface area contributed by atoms with Gasteiger partial charge in [0.15, 0.2) is 0 Å². The Morgan fingerprint density at radius 1 is 1.11 bits per heavy atom. The highest BCUT2D eigenvalue weighted by Gasteiger charge is 2.26. The van der Waals surface area contributed by atoms with Gasteiger partial charge < -0.3 is 5.11 Å². The maximum Gasteiger partial charge on any atom is 0.336 e. The Bertz CT molecular complexity index is 965. The number of carboxylic acids is 1. The van der Waals surface area contributed by atoms with Crippen molar-refractivity contribution in [2.24, 2.45) is 0 Å². The van der Waals surface area contributed by atoms with E-state index in [-0.39, 0.29) is 0 Å². The van der Waals surface area contributed by atoms with E-state index in [0.29, 0.717) is 11.6 Å². The molecule has 1 fully saturated rings. The molecule has 1 aliphatic rings. The first-order chi connectivity index (χ1) is 13.6. The molecule has 2 heterocycles. The van der Waals surface area contributed by atoms with Crippen LogP contribution in [-0.4, -0.2) is 27.5 Å². The van der Waals surface area contributed by atoms with Crippen LogP contribution in [0.4, 0.5) is 0 Å². The molecule has 1 atom stereocenters. The number of aromatic carboxylic acids is 1. The first-order valence-electron chi connectivity index (χ1n) is 9.70. The second-order valence-corrected chi connectivity index (χ2v) is 7.44. The van der Waals surface area contributed by atoms with Gasteiger partial charge in [0.1, 0.15) is 0 Å². The Hall–Kier alpha value is -2.98. The molecule has 0 bridgehead atoms. The molecule has 1 saturated heterocycles. The predicted octanol–water partition coefficient (Wildman–Crippen LogP) is 5.09. The third kappa shape index (κ3) is 3.82. The SMILES string of the molecule is Cc1ccc([C@@H]2CCCN2Cc2ccc(-c3ccccc3C(=O)O)cc2)nc1. The summed E-state index contributed by atoms with van der Waals surface area (Å²) in [6.07, 6.45) is 4.27. The maximum atomic E-state index is 11.5. The Morgan fingerprint density at radius 2 is 1.89 bits per heavy atom. The maximum absolute atomic E-state index is 11.5. The number of hydrogen-bond acceptors (Lipinski definition) is 3. The van der Waals surface area contributed by atoms with Crippen molar-refractivity contribution < 1.29 is 9.90 Å². The van der Waals surface area contributed by atoms with Gasteiger partial charge in [0.2, 0.25) is 0 Å². The fraction of sp³-hybridized carbons (Fsp3) is 0.250. The van der Waals surface area contributed by atoms with E-state index in [1.165, 1.54) is 17.5 Å². The summed E-state index contributed by atoms with van der Waals surface area (Å²) in [5.74, 6) is -0.898. The number of pyridine rings is 1. The van der Waals surface area contributed by atoms with Crippen molar-refractivity contribution in [3.8, 4) is 11.1 Å². The van der Waals surface area contributed by atoms with Gasteiger partial charge in [-0.15, -0.1) is 0 Å². The molecule has 142 valence electrons. The lowest BCUT2D eigenvalue weighted by molar-refractivity contribution is 0.0697. The van der Waals surface area contributed by atoms with Crippen molar-refractivity contribution in [1.29, 1.82) is 0 Å². The monoisotopic (exact) mass is 372 g/mol. The molecule has 0 radical (unpaired) electrons. The molecule has 4 rings (SSSR count). The third-order valence-corrected chi connectivity index (χ3v) is 5.45. The molecule has 4 nitrogen and oxygen atoms in total. The van der Waals surface area contributed by atoms with Crippen LogP contribution in [0.25, 0.3) is 11.1 Å². The Morgan fingerprint density at radius 3 is 2.61 bits per heavy atom. The quantitative estimate of drug-likeness (QED) is 0.678. The number of aromatic nitrogens is 1. The van der Waals surface area contributed by atoms with Crippen LogP contribution in [0.15, 0.2) is 66.9 Å². The average molecular weight is 372 g/mol. The van der Waals surface area contributed by atoms with E-state index in [0.717, 1.165) is 36.3 Å². The van der Waals surface area contributed by atoms with Crippen molar-refractivity contribution in [2.45, 2.75) is 32.4 Å². The smallest absolute Gasteiger partial charge is 0.336 e. The van der Waals surface area contributed by atoms with Gasteiger partial charge >= 0.3 is 5.97 Å². The topological polar surface area (TPSA) is 53.4 Å². The van der Waals surface area contributed by atoms with E-state index >= 15 is 0 Å². The molecule has 1 aliphatic heterocycles. The van der Waals surface area contributed by atoms with Crippen LogP contribution < -0.4 is 0 Å². The number of likely N-dealkylation sites (tertiary alicyclic amines) is 1. The van der Waals surface area contributed by atoms with Gasteiger partial charge in [-0.3, -0.25) is 9.88 Å². The number of aryl methyl sites for hydroxylation is 1.